The lowest BCUT2D eigenvalue weighted by Crippen LogP contribution is -2.06. The van der Waals surface area contributed by atoms with Gasteiger partial charge in [0, 0.05) is 11.8 Å². The van der Waals surface area contributed by atoms with E-state index in [1.54, 1.807) is 0 Å². The average Bonchev–Trinajstić information content (AvgIpc) is 2.88. The number of anilines is 1. The van der Waals surface area contributed by atoms with Crippen molar-refractivity contribution in [3.05, 3.63) is 59.3 Å². The molecular formula is C15H12F3N3. The summed E-state index contributed by atoms with van der Waals surface area (Å²) in [6.45, 7) is 0. The van der Waals surface area contributed by atoms with Gasteiger partial charge in [0.2, 0.25) is 0 Å². The number of halogens is 3. The van der Waals surface area contributed by atoms with Crippen molar-refractivity contribution in [2.24, 2.45) is 5.10 Å². The molecule has 2 aromatic rings. The number of fused-ring (bicyclic) bond motifs is 1. The number of pyridine rings is 1. The average molecular weight is 291 g/mol. The van der Waals surface area contributed by atoms with Crippen LogP contribution in [0.5, 0.6) is 0 Å². The molecule has 1 N–H and O–H groups in total. The summed E-state index contributed by atoms with van der Waals surface area (Å²) in [7, 11) is 0. The molecule has 1 aromatic heterocycles. The zero-order chi connectivity index (χ0) is 14.9. The minimum absolute atomic E-state index is 0.292. The molecule has 1 aliphatic carbocycles. The number of hydrazone groups is 1. The Morgan fingerprint density at radius 3 is 2.57 bits per heavy atom. The van der Waals surface area contributed by atoms with Crippen molar-refractivity contribution in [2.45, 2.75) is 19.0 Å². The van der Waals surface area contributed by atoms with Gasteiger partial charge in [0.05, 0.1) is 11.3 Å². The number of nitrogens with one attached hydrogen (secondary N) is 1. The van der Waals surface area contributed by atoms with Gasteiger partial charge in [-0.3, -0.25) is 5.43 Å². The number of nitrogens with zero attached hydrogens (tertiary/aromatic N) is 2. The van der Waals surface area contributed by atoms with Crippen molar-refractivity contribution in [3.63, 3.8) is 0 Å². The monoisotopic (exact) mass is 291 g/mol. The first kappa shape index (κ1) is 13.6. The molecule has 3 nitrogen and oxygen atoms in total. The van der Waals surface area contributed by atoms with Crippen LogP contribution in [0, 0.1) is 0 Å². The fourth-order valence-corrected chi connectivity index (χ4v) is 2.28. The molecule has 21 heavy (non-hydrogen) atoms. The Morgan fingerprint density at radius 2 is 1.86 bits per heavy atom. The van der Waals surface area contributed by atoms with Crippen molar-refractivity contribution < 1.29 is 13.2 Å². The van der Waals surface area contributed by atoms with Gasteiger partial charge < -0.3 is 0 Å². The van der Waals surface area contributed by atoms with Crippen LogP contribution in [0.4, 0.5) is 19.0 Å². The van der Waals surface area contributed by atoms with Crippen molar-refractivity contribution in [2.75, 3.05) is 5.43 Å². The van der Waals surface area contributed by atoms with Crippen LogP contribution in [0.1, 0.15) is 23.1 Å². The standard InChI is InChI=1S/C15H12F3N3/c16-15(17,18)11-6-8-14(19-9-11)21-20-13-7-5-10-3-1-2-4-12(10)13/h1-4,6,8-9H,5,7H2,(H,19,21)/b20-13+. The Morgan fingerprint density at radius 1 is 1.05 bits per heavy atom. The van der Waals surface area contributed by atoms with E-state index in [4.69, 9.17) is 0 Å². The topological polar surface area (TPSA) is 37.3 Å². The van der Waals surface area contributed by atoms with E-state index in [2.05, 4.69) is 15.5 Å². The predicted octanol–water partition coefficient (Wildman–Crippen LogP) is 3.86. The summed E-state index contributed by atoms with van der Waals surface area (Å²) in [6, 6.07) is 10.2. The number of hydrogen-bond acceptors (Lipinski definition) is 3. The largest absolute Gasteiger partial charge is 0.417 e. The van der Waals surface area contributed by atoms with Gasteiger partial charge in [0.15, 0.2) is 0 Å². The molecule has 0 spiro atoms. The molecule has 1 aromatic carbocycles. The minimum Gasteiger partial charge on any atom is -0.261 e. The molecule has 6 heteroatoms. The highest BCUT2D eigenvalue weighted by molar-refractivity contribution is 6.04. The Bertz CT molecular complexity index is 675. The van der Waals surface area contributed by atoms with Gasteiger partial charge >= 0.3 is 6.18 Å². The molecule has 0 saturated heterocycles. The Hall–Kier alpha value is -2.37. The van der Waals surface area contributed by atoms with Crippen LogP contribution < -0.4 is 5.43 Å². The molecule has 0 bridgehead atoms. The van der Waals surface area contributed by atoms with Gasteiger partial charge in [-0.15, -0.1) is 0 Å². The summed E-state index contributed by atoms with van der Waals surface area (Å²) in [5, 5.41) is 4.25. The highest BCUT2D eigenvalue weighted by atomic mass is 19.4. The molecule has 0 saturated carbocycles. The maximum absolute atomic E-state index is 12.4. The lowest BCUT2D eigenvalue weighted by molar-refractivity contribution is -0.137. The van der Waals surface area contributed by atoms with Crippen LogP contribution in [0.25, 0.3) is 0 Å². The van der Waals surface area contributed by atoms with Gasteiger partial charge in [0.25, 0.3) is 0 Å². The number of aryl methyl sites for hydroxylation is 1. The van der Waals surface area contributed by atoms with Gasteiger partial charge in [-0.25, -0.2) is 4.98 Å². The van der Waals surface area contributed by atoms with E-state index in [0.717, 1.165) is 36.4 Å². The first-order valence-corrected chi connectivity index (χ1v) is 6.48. The van der Waals surface area contributed by atoms with E-state index in [-0.39, 0.29) is 0 Å². The van der Waals surface area contributed by atoms with Gasteiger partial charge in [-0.05, 0) is 30.5 Å². The van der Waals surface area contributed by atoms with E-state index in [1.165, 1.54) is 11.6 Å². The van der Waals surface area contributed by atoms with Crippen molar-refractivity contribution >= 4 is 11.5 Å². The third-order valence-corrected chi connectivity index (χ3v) is 3.36. The molecule has 3 rings (SSSR count). The van der Waals surface area contributed by atoms with Crippen molar-refractivity contribution in [1.82, 2.24) is 4.98 Å². The second kappa shape index (κ2) is 5.20. The van der Waals surface area contributed by atoms with Crippen LogP contribution in [0.2, 0.25) is 0 Å². The van der Waals surface area contributed by atoms with E-state index >= 15 is 0 Å². The Labute approximate surface area is 119 Å². The molecule has 0 unspecified atom stereocenters. The maximum Gasteiger partial charge on any atom is 0.417 e. The summed E-state index contributed by atoms with van der Waals surface area (Å²) < 4.78 is 37.3. The first-order chi connectivity index (χ1) is 10.0. The minimum atomic E-state index is -4.37. The van der Waals surface area contributed by atoms with Gasteiger partial charge in [-0.2, -0.15) is 18.3 Å². The fraction of sp³-hybridized carbons (Fsp3) is 0.200. The molecule has 1 heterocycles. The zero-order valence-electron chi connectivity index (χ0n) is 11.0. The van der Waals surface area contributed by atoms with Crippen LogP contribution in [-0.2, 0) is 12.6 Å². The third kappa shape index (κ3) is 2.89. The number of aromatic nitrogens is 1. The molecule has 1 aliphatic rings. The molecule has 0 amide bonds. The van der Waals surface area contributed by atoms with Crippen molar-refractivity contribution in [3.8, 4) is 0 Å². The fourth-order valence-electron chi connectivity index (χ4n) is 2.28. The Balaban J connectivity index is 1.75. The second-order valence-electron chi connectivity index (χ2n) is 4.76. The third-order valence-electron chi connectivity index (χ3n) is 3.36. The smallest absolute Gasteiger partial charge is 0.261 e. The molecule has 108 valence electrons. The predicted molar refractivity (Wildman–Crippen MR) is 74.2 cm³/mol. The van der Waals surface area contributed by atoms with Crippen molar-refractivity contribution in [1.29, 1.82) is 0 Å². The maximum atomic E-state index is 12.4. The Kier molecular flexibility index (Phi) is 3.37. The zero-order valence-corrected chi connectivity index (χ0v) is 11.0. The molecule has 0 radical (unpaired) electrons. The molecule has 0 aliphatic heterocycles. The summed E-state index contributed by atoms with van der Waals surface area (Å²) in [4.78, 5) is 3.72. The number of hydrogen-bond donors (Lipinski definition) is 1. The first-order valence-electron chi connectivity index (χ1n) is 6.48. The van der Waals surface area contributed by atoms with Gasteiger partial charge in [-0.1, -0.05) is 24.3 Å². The van der Waals surface area contributed by atoms with Gasteiger partial charge in [0.1, 0.15) is 5.82 Å². The lowest BCUT2D eigenvalue weighted by atomic mass is 10.1. The number of alkyl halides is 3. The van der Waals surface area contributed by atoms with E-state index in [1.807, 2.05) is 24.3 Å². The molecule has 0 fully saturated rings. The lowest BCUT2D eigenvalue weighted by Gasteiger charge is -2.07. The normalized spacial score (nSPS) is 16.0. The highest BCUT2D eigenvalue weighted by Crippen LogP contribution is 2.29. The van der Waals surface area contributed by atoms with E-state index < -0.39 is 11.7 Å². The summed E-state index contributed by atoms with van der Waals surface area (Å²) in [5.41, 5.74) is 5.16. The van der Waals surface area contributed by atoms with E-state index in [9.17, 15) is 13.2 Å². The van der Waals surface area contributed by atoms with Crippen LogP contribution >= 0.6 is 0 Å². The quantitative estimate of drug-likeness (QED) is 0.853. The summed E-state index contributed by atoms with van der Waals surface area (Å²) in [5.74, 6) is 0.292. The summed E-state index contributed by atoms with van der Waals surface area (Å²) in [6.07, 6.45) is -1.84. The molecular weight excluding hydrogens is 279 g/mol. The highest BCUT2D eigenvalue weighted by Gasteiger charge is 2.30. The number of benzene rings is 1. The van der Waals surface area contributed by atoms with Crippen LogP contribution in [0.15, 0.2) is 47.7 Å². The SMILES string of the molecule is FC(F)(F)c1ccc(N/N=C2\CCc3ccccc32)nc1. The number of rotatable bonds is 2. The van der Waals surface area contributed by atoms with Crippen LogP contribution in [0.3, 0.4) is 0 Å². The molecule has 0 atom stereocenters. The second-order valence-corrected chi connectivity index (χ2v) is 4.76. The van der Waals surface area contributed by atoms with Crippen LogP contribution in [-0.4, -0.2) is 10.7 Å². The van der Waals surface area contributed by atoms with E-state index in [0.29, 0.717) is 5.82 Å². The summed E-state index contributed by atoms with van der Waals surface area (Å²) >= 11 is 0.